The van der Waals surface area contributed by atoms with E-state index in [4.69, 9.17) is 5.73 Å². The third-order valence-electron chi connectivity index (χ3n) is 1.30. The molecule has 0 rings (SSSR count). The second kappa shape index (κ2) is 7.47. The minimum Gasteiger partial charge on any atom is -0.508 e. The number of allylic oxidation sites excluding steroid dienone is 3. The van der Waals surface area contributed by atoms with E-state index in [0.717, 1.165) is 11.1 Å². The third-order valence-corrected chi connectivity index (χ3v) is 1.30. The van der Waals surface area contributed by atoms with E-state index in [0.29, 0.717) is 5.70 Å². The molecule has 3 N–H and O–H groups in total. The monoisotopic (exact) mass is 183 g/mol. The van der Waals surface area contributed by atoms with Crippen LogP contribution in [0.5, 0.6) is 0 Å². The molecule has 0 fully saturated rings. The summed E-state index contributed by atoms with van der Waals surface area (Å²) in [5.74, 6) is 0.213. The van der Waals surface area contributed by atoms with E-state index in [2.05, 4.69) is 6.58 Å². The van der Waals surface area contributed by atoms with Crippen LogP contribution in [0.25, 0.3) is 0 Å². The summed E-state index contributed by atoms with van der Waals surface area (Å²) in [6.45, 7) is 13.1. The molecular formula is C11H21NO. The van der Waals surface area contributed by atoms with Crippen LogP contribution in [-0.2, 0) is 0 Å². The van der Waals surface area contributed by atoms with Gasteiger partial charge in [0.1, 0.15) is 5.76 Å². The molecule has 0 aliphatic carbocycles. The standard InChI is InChI=1S/C9H15NO.C2H6/c1-6(2)8(10)5-9(11)7(3)4;1-2/h5,11H,1,10H2,2-4H3;1-2H3/b8-5+;. The lowest BCUT2D eigenvalue weighted by Crippen LogP contribution is -1.98. The predicted octanol–water partition coefficient (Wildman–Crippen LogP) is 3.28. The zero-order valence-corrected chi connectivity index (χ0v) is 9.31. The number of aliphatic hydroxyl groups is 1. The van der Waals surface area contributed by atoms with Crippen LogP contribution < -0.4 is 5.73 Å². The number of nitrogens with two attached hydrogens (primary N) is 1. The minimum absolute atomic E-state index is 0.213. The van der Waals surface area contributed by atoms with E-state index in [-0.39, 0.29) is 5.76 Å². The van der Waals surface area contributed by atoms with Gasteiger partial charge in [-0.2, -0.15) is 0 Å². The van der Waals surface area contributed by atoms with Crippen molar-refractivity contribution in [2.45, 2.75) is 34.6 Å². The van der Waals surface area contributed by atoms with Crippen LogP contribution in [-0.4, -0.2) is 5.11 Å². The Bertz CT molecular complexity index is 220. The lowest BCUT2D eigenvalue weighted by Gasteiger charge is -1.99. The van der Waals surface area contributed by atoms with Crippen molar-refractivity contribution < 1.29 is 5.11 Å². The molecular weight excluding hydrogens is 162 g/mol. The van der Waals surface area contributed by atoms with Gasteiger partial charge in [0, 0.05) is 11.8 Å². The van der Waals surface area contributed by atoms with E-state index in [1.807, 2.05) is 27.7 Å². The highest BCUT2D eigenvalue weighted by Crippen LogP contribution is 2.06. The largest absolute Gasteiger partial charge is 0.508 e. The highest BCUT2D eigenvalue weighted by atomic mass is 16.3. The van der Waals surface area contributed by atoms with Crippen LogP contribution in [0.2, 0.25) is 0 Å². The van der Waals surface area contributed by atoms with Crippen LogP contribution >= 0.6 is 0 Å². The Kier molecular flexibility index (Phi) is 8.24. The molecule has 0 heterocycles. The van der Waals surface area contributed by atoms with Crippen molar-refractivity contribution in [1.82, 2.24) is 0 Å². The van der Waals surface area contributed by atoms with E-state index in [9.17, 15) is 5.11 Å². The average Bonchev–Trinajstić information content (AvgIpc) is 2.07. The van der Waals surface area contributed by atoms with Crippen molar-refractivity contribution in [3.8, 4) is 0 Å². The van der Waals surface area contributed by atoms with Gasteiger partial charge in [0.2, 0.25) is 0 Å². The molecule has 0 unspecified atom stereocenters. The predicted molar refractivity (Wildman–Crippen MR) is 59.4 cm³/mol. The molecule has 2 nitrogen and oxygen atoms in total. The van der Waals surface area contributed by atoms with Crippen LogP contribution in [0.1, 0.15) is 34.6 Å². The smallest absolute Gasteiger partial charge is 0.116 e. The Balaban J connectivity index is 0. The number of aliphatic hydroxyl groups excluding tert-OH is 1. The molecule has 0 amide bonds. The Hall–Kier alpha value is -1.18. The first kappa shape index (κ1) is 14.3. The molecule has 2 heteroatoms. The van der Waals surface area contributed by atoms with Crippen molar-refractivity contribution in [2.75, 3.05) is 0 Å². The van der Waals surface area contributed by atoms with Gasteiger partial charge in [0.05, 0.1) is 0 Å². The Morgan fingerprint density at radius 3 is 1.85 bits per heavy atom. The minimum atomic E-state index is 0.213. The maximum Gasteiger partial charge on any atom is 0.116 e. The second-order valence-electron chi connectivity index (χ2n) is 2.77. The summed E-state index contributed by atoms with van der Waals surface area (Å²) < 4.78 is 0. The first-order valence-corrected chi connectivity index (χ1v) is 4.44. The SMILES string of the molecule is C=C(C)/C(N)=C\C(O)=C(C)C.CC. The van der Waals surface area contributed by atoms with Gasteiger partial charge in [-0.3, -0.25) is 0 Å². The topological polar surface area (TPSA) is 46.2 Å². The summed E-state index contributed by atoms with van der Waals surface area (Å²) in [6, 6.07) is 0. The van der Waals surface area contributed by atoms with E-state index in [1.165, 1.54) is 6.08 Å². The van der Waals surface area contributed by atoms with Gasteiger partial charge in [0.15, 0.2) is 0 Å². The molecule has 0 atom stereocenters. The summed E-state index contributed by atoms with van der Waals surface area (Å²) in [5.41, 5.74) is 7.64. The van der Waals surface area contributed by atoms with Crippen LogP contribution in [0.4, 0.5) is 0 Å². The Morgan fingerprint density at radius 1 is 1.23 bits per heavy atom. The first-order valence-electron chi connectivity index (χ1n) is 4.44. The van der Waals surface area contributed by atoms with Crippen molar-refractivity contribution in [3.05, 3.63) is 35.3 Å². The third kappa shape index (κ3) is 7.19. The van der Waals surface area contributed by atoms with Gasteiger partial charge < -0.3 is 10.8 Å². The molecule has 0 radical (unpaired) electrons. The van der Waals surface area contributed by atoms with E-state index >= 15 is 0 Å². The summed E-state index contributed by atoms with van der Waals surface area (Å²) in [6.07, 6.45) is 1.51. The quantitative estimate of drug-likeness (QED) is 0.509. The highest BCUT2D eigenvalue weighted by molar-refractivity contribution is 5.30. The normalized spacial score (nSPS) is 9.77. The lowest BCUT2D eigenvalue weighted by molar-refractivity contribution is 0.425. The first-order chi connectivity index (χ1) is 5.95. The molecule has 76 valence electrons. The molecule has 0 aromatic heterocycles. The van der Waals surface area contributed by atoms with Gasteiger partial charge >= 0.3 is 0 Å². The summed E-state index contributed by atoms with van der Waals surface area (Å²) in [4.78, 5) is 0. The Labute approximate surface area is 81.5 Å². The maximum absolute atomic E-state index is 9.23. The zero-order valence-electron chi connectivity index (χ0n) is 9.31. The van der Waals surface area contributed by atoms with Crippen molar-refractivity contribution >= 4 is 0 Å². The zero-order chi connectivity index (χ0) is 11.0. The van der Waals surface area contributed by atoms with Gasteiger partial charge in [-0.15, -0.1) is 0 Å². The van der Waals surface area contributed by atoms with Crippen LogP contribution in [0.15, 0.2) is 35.3 Å². The highest BCUT2D eigenvalue weighted by Gasteiger charge is 1.94. The molecule has 0 aromatic carbocycles. The Morgan fingerprint density at radius 2 is 1.62 bits per heavy atom. The van der Waals surface area contributed by atoms with Gasteiger partial charge in [-0.05, 0) is 31.9 Å². The lowest BCUT2D eigenvalue weighted by atomic mass is 10.2. The van der Waals surface area contributed by atoms with Crippen LogP contribution in [0, 0.1) is 0 Å². The second-order valence-corrected chi connectivity index (χ2v) is 2.77. The number of rotatable bonds is 2. The van der Waals surface area contributed by atoms with Gasteiger partial charge in [-0.25, -0.2) is 0 Å². The van der Waals surface area contributed by atoms with Crippen molar-refractivity contribution in [3.63, 3.8) is 0 Å². The number of hydrogen-bond donors (Lipinski definition) is 2. The summed E-state index contributed by atoms with van der Waals surface area (Å²) in [5, 5.41) is 9.23. The molecule has 0 aliphatic heterocycles. The molecule has 0 spiro atoms. The summed E-state index contributed by atoms with van der Waals surface area (Å²) in [7, 11) is 0. The molecule has 0 aliphatic rings. The van der Waals surface area contributed by atoms with E-state index < -0.39 is 0 Å². The van der Waals surface area contributed by atoms with Gasteiger partial charge in [-0.1, -0.05) is 20.4 Å². The number of hydrogen-bond acceptors (Lipinski definition) is 2. The molecule has 13 heavy (non-hydrogen) atoms. The van der Waals surface area contributed by atoms with Crippen LogP contribution in [0.3, 0.4) is 0 Å². The fraction of sp³-hybridized carbons (Fsp3) is 0.455. The van der Waals surface area contributed by atoms with Crippen molar-refractivity contribution in [2.24, 2.45) is 5.73 Å². The maximum atomic E-state index is 9.23. The molecule has 0 saturated carbocycles. The summed E-state index contributed by atoms with van der Waals surface area (Å²) >= 11 is 0. The average molecular weight is 183 g/mol. The fourth-order valence-electron chi connectivity index (χ4n) is 0.415. The van der Waals surface area contributed by atoms with E-state index in [1.54, 1.807) is 6.92 Å². The van der Waals surface area contributed by atoms with Gasteiger partial charge in [0.25, 0.3) is 0 Å². The molecule has 0 bridgehead atoms. The fourth-order valence-corrected chi connectivity index (χ4v) is 0.415. The molecule has 0 saturated heterocycles. The van der Waals surface area contributed by atoms with Crippen molar-refractivity contribution in [1.29, 1.82) is 0 Å². The molecule has 0 aromatic rings.